The summed E-state index contributed by atoms with van der Waals surface area (Å²) in [6.07, 6.45) is 6.31. The van der Waals surface area contributed by atoms with Gasteiger partial charge in [0.15, 0.2) is 0 Å². The first-order valence-electron chi connectivity index (χ1n) is 8.85. The number of thiophene rings is 1. The lowest BCUT2D eigenvalue weighted by Gasteiger charge is -2.20. The maximum atomic E-state index is 12.0. The predicted molar refractivity (Wildman–Crippen MR) is 102 cm³/mol. The van der Waals surface area contributed by atoms with E-state index in [4.69, 9.17) is 5.11 Å². The number of amides is 2. The van der Waals surface area contributed by atoms with Crippen LogP contribution in [0, 0.1) is 5.92 Å². The van der Waals surface area contributed by atoms with E-state index in [1.54, 1.807) is 24.3 Å². The lowest BCUT2D eigenvalue weighted by molar-refractivity contribution is -0.125. The molecule has 0 unspecified atom stereocenters. The highest BCUT2D eigenvalue weighted by atomic mass is 32.1. The van der Waals surface area contributed by atoms with E-state index in [0.29, 0.717) is 18.0 Å². The molecule has 1 aliphatic carbocycles. The Labute approximate surface area is 155 Å². The van der Waals surface area contributed by atoms with Crippen LogP contribution >= 0.6 is 11.3 Å². The van der Waals surface area contributed by atoms with Crippen molar-refractivity contribution in [3.8, 4) is 0 Å². The number of carbonyl (C=O) groups is 3. The van der Waals surface area contributed by atoms with Crippen molar-refractivity contribution in [2.75, 3.05) is 11.9 Å². The molecule has 3 rings (SSSR count). The number of carboxylic acid groups (broad SMARTS) is 1. The Hall–Kier alpha value is -2.41. The van der Waals surface area contributed by atoms with Crippen LogP contribution in [0.5, 0.6) is 0 Å². The van der Waals surface area contributed by atoms with Gasteiger partial charge >= 0.3 is 5.97 Å². The van der Waals surface area contributed by atoms with E-state index < -0.39 is 5.97 Å². The Balaban J connectivity index is 1.50. The molecule has 2 amide bonds. The Bertz CT molecular complexity index is 824. The molecule has 1 aromatic carbocycles. The molecule has 26 heavy (non-hydrogen) atoms. The monoisotopic (exact) mass is 374 g/mol. The fourth-order valence-electron chi connectivity index (χ4n) is 3.34. The minimum atomic E-state index is -0.961. The van der Waals surface area contributed by atoms with Gasteiger partial charge in [-0.15, -0.1) is 11.3 Å². The van der Waals surface area contributed by atoms with Crippen LogP contribution in [0.25, 0.3) is 10.1 Å². The summed E-state index contributed by atoms with van der Waals surface area (Å²) in [4.78, 5) is 35.3. The Morgan fingerprint density at radius 2 is 1.85 bits per heavy atom. The quantitative estimate of drug-likeness (QED) is 0.719. The summed E-state index contributed by atoms with van der Waals surface area (Å²) in [5.74, 6) is -0.893. The van der Waals surface area contributed by atoms with Gasteiger partial charge in [0.05, 0.1) is 6.54 Å². The van der Waals surface area contributed by atoms with Crippen LogP contribution in [0.3, 0.4) is 0 Å². The van der Waals surface area contributed by atoms with Gasteiger partial charge in [-0.25, -0.2) is 4.79 Å². The van der Waals surface area contributed by atoms with Gasteiger partial charge in [0.2, 0.25) is 11.8 Å². The normalized spacial score (nSPS) is 14.9. The lowest BCUT2D eigenvalue weighted by Crippen LogP contribution is -2.34. The third-order valence-corrected chi connectivity index (χ3v) is 5.76. The van der Waals surface area contributed by atoms with Crippen molar-refractivity contribution in [3.63, 3.8) is 0 Å². The molecule has 1 saturated carbocycles. The number of fused-ring (bicyclic) bond motifs is 1. The molecule has 1 aliphatic rings. The van der Waals surface area contributed by atoms with Crippen LogP contribution < -0.4 is 10.6 Å². The van der Waals surface area contributed by atoms with Crippen molar-refractivity contribution in [2.45, 2.75) is 38.5 Å². The van der Waals surface area contributed by atoms with Gasteiger partial charge in [0.1, 0.15) is 4.88 Å². The third-order valence-electron chi connectivity index (χ3n) is 4.66. The number of carboxylic acids is 1. The molecular weight excluding hydrogens is 352 g/mol. The van der Waals surface area contributed by atoms with Crippen LogP contribution in [0.1, 0.15) is 48.2 Å². The molecule has 0 bridgehead atoms. The van der Waals surface area contributed by atoms with Crippen molar-refractivity contribution in [3.05, 3.63) is 29.1 Å². The van der Waals surface area contributed by atoms with E-state index in [-0.39, 0.29) is 23.2 Å². The number of rotatable bonds is 6. The molecule has 1 heterocycles. The van der Waals surface area contributed by atoms with Crippen LogP contribution in [-0.2, 0) is 9.59 Å². The first-order valence-corrected chi connectivity index (χ1v) is 9.66. The van der Waals surface area contributed by atoms with Crippen molar-refractivity contribution in [1.29, 1.82) is 0 Å². The first-order chi connectivity index (χ1) is 12.5. The van der Waals surface area contributed by atoms with E-state index in [0.717, 1.165) is 22.9 Å². The molecule has 0 radical (unpaired) electrons. The minimum absolute atomic E-state index is 0.0619. The van der Waals surface area contributed by atoms with Gasteiger partial charge in [0.25, 0.3) is 0 Å². The van der Waals surface area contributed by atoms with E-state index in [9.17, 15) is 14.4 Å². The van der Waals surface area contributed by atoms with E-state index in [1.165, 1.54) is 30.6 Å². The predicted octanol–water partition coefficient (Wildman–Crippen LogP) is 3.62. The van der Waals surface area contributed by atoms with Gasteiger partial charge in [-0.3, -0.25) is 9.59 Å². The van der Waals surface area contributed by atoms with Gasteiger partial charge in [-0.05, 0) is 48.4 Å². The molecule has 3 N–H and O–H groups in total. The topological polar surface area (TPSA) is 95.5 Å². The van der Waals surface area contributed by atoms with Crippen molar-refractivity contribution in [2.24, 2.45) is 5.92 Å². The molecule has 138 valence electrons. The summed E-state index contributed by atoms with van der Waals surface area (Å²) in [7, 11) is 0. The lowest BCUT2D eigenvalue weighted by atomic mass is 9.87. The average molecular weight is 374 g/mol. The van der Waals surface area contributed by atoms with Gasteiger partial charge in [0, 0.05) is 16.8 Å². The first kappa shape index (κ1) is 18.4. The molecule has 1 aromatic heterocycles. The van der Waals surface area contributed by atoms with Crippen LogP contribution in [0.2, 0.25) is 0 Å². The summed E-state index contributed by atoms with van der Waals surface area (Å²) in [5.41, 5.74) is 0.582. The highest BCUT2D eigenvalue weighted by Gasteiger charge is 2.17. The minimum Gasteiger partial charge on any atom is -0.477 e. The fraction of sp³-hybridized carbons (Fsp3) is 0.421. The maximum Gasteiger partial charge on any atom is 0.345 e. The summed E-state index contributed by atoms with van der Waals surface area (Å²) in [6.45, 7) is -0.0619. The highest BCUT2D eigenvalue weighted by molar-refractivity contribution is 7.20. The molecule has 0 spiro atoms. The molecule has 7 heteroatoms. The van der Waals surface area contributed by atoms with E-state index >= 15 is 0 Å². The second-order valence-electron chi connectivity index (χ2n) is 6.70. The average Bonchev–Trinajstić information content (AvgIpc) is 3.04. The molecule has 0 aliphatic heterocycles. The van der Waals surface area contributed by atoms with E-state index in [2.05, 4.69) is 10.6 Å². The maximum absolute atomic E-state index is 12.0. The fourth-order valence-corrected chi connectivity index (χ4v) is 4.22. The van der Waals surface area contributed by atoms with Gasteiger partial charge < -0.3 is 15.7 Å². The third kappa shape index (κ3) is 4.82. The smallest absolute Gasteiger partial charge is 0.345 e. The molecular formula is C19H22N2O4S. The number of carbonyl (C=O) groups excluding carboxylic acids is 2. The molecule has 2 aromatic rings. The van der Waals surface area contributed by atoms with Gasteiger partial charge in [-0.2, -0.15) is 0 Å². The summed E-state index contributed by atoms with van der Waals surface area (Å²) in [5, 5.41) is 15.2. The van der Waals surface area contributed by atoms with Crippen LogP contribution in [0.4, 0.5) is 5.69 Å². The number of nitrogens with one attached hydrogen (secondary N) is 2. The molecule has 1 fully saturated rings. The Kier molecular flexibility index (Phi) is 5.88. The summed E-state index contributed by atoms with van der Waals surface area (Å²) in [6, 6.07) is 6.83. The Morgan fingerprint density at radius 1 is 1.08 bits per heavy atom. The van der Waals surface area contributed by atoms with Gasteiger partial charge in [-0.1, -0.05) is 19.3 Å². The van der Waals surface area contributed by atoms with Crippen LogP contribution in [-0.4, -0.2) is 29.4 Å². The second kappa shape index (κ2) is 8.31. The zero-order valence-corrected chi connectivity index (χ0v) is 15.2. The SMILES string of the molecule is O=C(CC1CCCCC1)NCC(=O)Nc1ccc2sc(C(=O)O)cc2c1. The van der Waals surface area contributed by atoms with Crippen molar-refractivity contribution < 1.29 is 19.5 Å². The zero-order chi connectivity index (χ0) is 18.5. The summed E-state index contributed by atoms with van der Waals surface area (Å²) >= 11 is 1.19. The molecule has 0 saturated heterocycles. The highest BCUT2D eigenvalue weighted by Crippen LogP contribution is 2.28. The zero-order valence-electron chi connectivity index (χ0n) is 14.4. The number of aromatic carboxylic acids is 1. The standard InChI is InChI=1S/C19H22N2O4S/c22-17(8-12-4-2-1-3-5-12)20-11-18(23)21-14-6-7-15-13(9-14)10-16(26-15)19(24)25/h6-7,9-10,12H,1-5,8,11H2,(H,20,22)(H,21,23)(H,24,25). The molecule has 6 nitrogen and oxygen atoms in total. The molecule has 0 atom stereocenters. The number of anilines is 1. The van der Waals surface area contributed by atoms with Crippen molar-refractivity contribution in [1.82, 2.24) is 5.32 Å². The number of benzene rings is 1. The second-order valence-corrected chi connectivity index (χ2v) is 7.79. The number of hydrogen-bond donors (Lipinski definition) is 3. The largest absolute Gasteiger partial charge is 0.477 e. The van der Waals surface area contributed by atoms with E-state index in [1.807, 2.05) is 0 Å². The number of hydrogen-bond acceptors (Lipinski definition) is 4. The summed E-state index contributed by atoms with van der Waals surface area (Å²) < 4.78 is 0.848. The van der Waals surface area contributed by atoms with Crippen molar-refractivity contribution >= 4 is 44.9 Å². The Morgan fingerprint density at radius 3 is 2.58 bits per heavy atom. The van der Waals surface area contributed by atoms with Crippen LogP contribution in [0.15, 0.2) is 24.3 Å².